The van der Waals surface area contributed by atoms with Crippen LogP contribution in [-0.2, 0) is 16.1 Å². The Hall–Kier alpha value is -2.12. The van der Waals surface area contributed by atoms with Gasteiger partial charge in [-0.1, -0.05) is 44.2 Å². The third-order valence-electron chi connectivity index (χ3n) is 4.22. The number of nitrogens with zero attached hydrogens (tertiary/aromatic N) is 1. The third-order valence-corrected chi connectivity index (χ3v) is 4.22. The smallest absolute Gasteiger partial charge is 0.317 e. The van der Waals surface area contributed by atoms with E-state index in [1.54, 1.807) is 4.90 Å². The van der Waals surface area contributed by atoms with E-state index in [2.05, 4.69) is 24.6 Å². The SMILES string of the molecule is CC(C)CCN(CCC(=O)NOC(C)(C)C)C(=O)N[C@H](CO)Cc1ccccc1. The molecule has 0 bridgehead atoms. The second-order valence-corrected chi connectivity index (χ2v) is 8.68. The van der Waals surface area contributed by atoms with Gasteiger partial charge in [0.2, 0.25) is 5.91 Å². The van der Waals surface area contributed by atoms with Crippen molar-refractivity contribution in [2.45, 2.75) is 65.5 Å². The summed E-state index contributed by atoms with van der Waals surface area (Å²) in [6, 6.07) is 9.06. The number of hydrogen-bond donors (Lipinski definition) is 3. The maximum Gasteiger partial charge on any atom is 0.317 e. The number of hydroxylamine groups is 1. The van der Waals surface area contributed by atoms with Gasteiger partial charge in [0.15, 0.2) is 0 Å². The van der Waals surface area contributed by atoms with Crippen molar-refractivity contribution in [3.8, 4) is 0 Å². The Morgan fingerprint density at radius 3 is 2.34 bits per heavy atom. The highest BCUT2D eigenvalue weighted by molar-refractivity contribution is 5.77. The Labute approximate surface area is 174 Å². The minimum absolute atomic E-state index is 0.143. The van der Waals surface area contributed by atoms with E-state index in [0.717, 1.165) is 12.0 Å². The molecule has 7 heteroatoms. The molecule has 3 amide bonds. The first kappa shape index (κ1) is 24.9. The van der Waals surface area contributed by atoms with E-state index < -0.39 is 5.60 Å². The second-order valence-electron chi connectivity index (χ2n) is 8.68. The summed E-state index contributed by atoms with van der Waals surface area (Å²) in [6.45, 7) is 10.4. The van der Waals surface area contributed by atoms with Crippen molar-refractivity contribution >= 4 is 11.9 Å². The Morgan fingerprint density at radius 1 is 1.14 bits per heavy atom. The lowest BCUT2D eigenvalue weighted by atomic mass is 10.1. The lowest BCUT2D eigenvalue weighted by molar-refractivity contribution is -0.145. The van der Waals surface area contributed by atoms with Crippen molar-refractivity contribution in [3.63, 3.8) is 0 Å². The molecule has 0 aliphatic heterocycles. The van der Waals surface area contributed by atoms with Crippen LogP contribution < -0.4 is 10.8 Å². The molecule has 1 atom stereocenters. The summed E-state index contributed by atoms with van der Waals surface area (Å²) in [6.07, 6.45) is 1.51. The van der Waals surface area contributed by atoms with E-state index in [-0.39, 0.29) is 37.6 Å². The average molecular weight is 408 g/mol. The fourth-order valence-corrected chi connectivity index (χ4v) is 2.55. The van der Waals surface area contributed by atoms with Crippen molar-refractivity contribution in [2.24, 2.45) is 5.92 Å². The maximum absolute atomic E-state index is 12.8. The van der Waals surface area contributed by atoms with Gasteiger partial charge in [-0.3, -0.25) is 9.63 Å². The molecule has 0 aromatic heterocycles. The molecule has 0 saturated heterocycles. The lowest BCUT2D eigenvalue weighted by Crippen LogP contribution is -2.48. The maximum atomic E-state index is 12.8. The Kier molecular flexibility index (Phi) is 10.7. The molecule has 0 aliphatic rings. The normalized spacial score (nSPS) is 12.5. The summed E-state index contributed by atoms with van der Waals surface area (Å²) in [5.74, 6) is 0.159. The number of carbonyl (C=O) groups is 2. The van der Waals surface area contributed by atoms with E-state index in [9.17, 15) is 14.7 Å². The van der Waals surface area contributed by atoms with Crippen molar-refractivity contribution in [1.29, 1.82) is 0 Å². The van der Waals surface area contributed by atoms with Crippen molar-refractivity contribution in [2.75, 3.05) is 19.7 Å². The number of aliphatic hydroxyl groups excluding tert-OH is 1. The zero-order chi connectivity index (χ0) is 21.9. The molecule has 0 aliphatic carbocycles. The van der Waals surface area contributed by atoms with Gasteiger partial charge in [-0.25, -0.2) is 10.3 Å². The molecule has 0 fully saturated rings. The van der Waals surface area contributed by atoms with E-state index in [1.807, 2.05) is 51.1 Å². The van der Waals surface area contributed by atoms with Crippen LogP contribution >= 0.6 is 0 Å². The zero-order valence-electron chi connectivity index (χ0n) is 18.4. The number of carbonyl (C=O) groups excluding carboxylic acids is 2. The Bertz CT molecular complexity index is 614. The van der Waals surface area contributed by atoms with Crippen LogP contribution in [0.25, 0.3) is 0 Å². The molecule has 1 aromatic carbocycles. The van der Waals surface area contributed by atoms with Crippen molar-refractivity contribution in [1.82, 2.24) is 15.7 Å². The van der Waals surface area contributed by atoms with Gasteiger partial charge in [0, 0.05) is 19.5 Å². The average Bonchev–Trinajstić information content (AvgIpc) is 2.65. The molecule has 0 saturated carbocycles. The lowest BCUT2D eigenvalue weighted by Gasteiger charge is -2.27. The highest BCUT2D eigenvalue weighted by Gasteiger charge is 2.20. The van der Waals surface area contributed by atoms with Gasteiger partial charge >= 0.3 is 6.03 Å². The van der Waals surface area contributed by atoms with E-state index in [4.69, 9.17) is 4.84 Å². The summed E-state index contributed by atoms with van der Waals surface area (Å²) in [7, 11) is 0. The first-order valence-electron chi connectivity index (χ1n) is 10.3. The molecule has 0 heterocycles. The zero-order valence-corrected chi connectivity index (χ0v) is 18.4. The molecule has 7 nitrogen and oxygen atoms in total. The van der Waals surface area contributed by atoms with E-state index in [0.29, 0.717) is 18.9 Å². The molecular formula is C22H37N3O4. The summed E-state index contributed by atoms with van der Waals surface area (Å²) < 4.78 is 0. The second kappa shape index (κ2) is 12.4. The quantitative estimate of drug-likeness (QED) is 0.492. The number of aliphatic hydroxyl groups is 1. The molecule has 3 N–H and O–H groups in total. The number of urea groups is 1. The largest absolute Gasteiger partial charge is 0.394 e. The molecule has 1 rings (SSSR count). The van der Waals surface area contributed by atoms with Gasteiger partial charge in [-0.15, -0.1) is 0 Å². The van der Waals surface area contributed by atoms with Crippen LogP contribution in [0.5, 0.6) is 0 Å². The molecule has 0 spiro atoms. The minimum Gasteiger partial charge on any atom is -0.394 e. The van der Waals surface area contributed by atoms with Gasteiger partial charge in [-0.05, 0) is 45.1 Å². The summed E-state index contributed by atoms with van der Waals surface area (Å²) in [5.41, 5.74) is 2.99. The predicted octanol–water partition coefficient (Wildman–Crippen LogP) is 2.88. The fourth-order valence-electron chi connectivity index (χ4n) is 2.55. The number of rotatable bonds is 11. The van der Waals surface area contributed by atoms with Gasteiger partial charge in [0.05, 0.1) is 18.2 Å². The van der Waals surface area contributed by atoms with Crippen LogP contribution in [0.3, 0.4) is 0 Å². The van der Waals surface area contributed by atoms with Crippen LogP contribution in [0.15, 0.2) is 30.3 Å². The number of benzene rings is 1. The first-order chi connectivity index (χ1) is 13.6. The van der Waals surface area contributed by atoms with Gasteiger partial charge < -0.3 is 15.3 Å². The number of nitrogens with one attached hydrogen (secondary N) is 2. The van der Waals surface area contributed by atoms with Crippen LogP contribution in [0.2, 0.25) is 0 Å². The minimum atomic E-state index is -0.476. The van der Waals surface area contributed by atoms with Crippen LogP contribution in [0, 0.1) is 5.92 Å². The molecule has 29 heavy (non-hydrogen) atoms. The number of amides is 3. The van der Waals surface area contributed by atoms with Crippen LogP contribution in [0.4, 0.5) is 4.79 Å². The van der Waals surface area contributed by atoms with Crippen molar-refractivity contribution < 1.29 is 19.5 Å². The standard InChI is InChI=1S/C22H37N3O4/c1-17(2)11-13-25(14-12-20(27)24-29-22(3,4)5)21(28)23-19(16-26)15-18-9-7-6-8-10-18/h6-10,17,19,26H,11-16H2,1-5H3,(H,23,28)(H,24,27)/t19-/m0/s1. The Balaban J connectivity index is 2.63. The molecule has 1 aromatic rings. The third kappa shape index (κ3) is 11.5. The fraction of sp³-hybridized carbons (Fsp3) is 0.636. The molecular weight excluding hydrogens is 370 g/mol. The van der Waals surface area contributed by atoms with Gasteiger partial charge in [0.1, 0.15) is 0 Å². The highest BCUT2D eigenvalue weighted by atomic mass is 16.7. The van der Waals surface area contributed by atoms with Crippen molar-refractivity contribution in [3.05, 3.63) is 35.9 Å². The van der Waals surface area contributed by atoms with Crippen LogP contribution in [-0.4, -0.2) is 53.3 Å². The first-order valence-corrected chi connectivity index (χ1v) is 10.3. The summed E-state index contributed by atoms with van der Waals surface area (Å²) >= 11 is 0. The monoisotopic (exact) mass is 407 g/mol. The Morgan fingerprint density at radius 2 is 1.79 bits per heavy atom. The predicted molar refractivity (Wildman–Crippen MR) is 114 cm³/mol. The van der Waals surface area contributed by atoms with Gasteiger partial charge in [0.25, 0.3) is 0 Å². The highest BCUT2D eigenvalue weighted by Crippen LogP contribution is 2.07. The topological polar surface area (TPSA) is 90.9 Å². The number of hydrogen-bond acceptors (Lipinski definition) is 4. The van der Waals surface area contributed by atoms with E-state index in [1.165, 1.54) is 0 Å². The summed E-state index contributed by atoms with van der Waals surface area (Å²) in [4.78, 5) is 31.7. The van der Waals surface area contributed by atoms with Crippen LogP contribution in [0.1, 0.15) is 53.0 Å². The molecule has 0 radical (unpaired) electrons. The van der Waals surface area contributed by atoms with E-state index >= 15 is 0 Å². The molecule has 164 valence electrons. The molecule has 0 unspecified atom stereocenters. The summed E-state index contributed by atoms with van der Waals surface area (Å²) in [5, 5.41) is 12.6. The van der Waals surface area contributed by atoms with Gasteiger partial charge in [-0.2, -0.15) is 0 Å².